The molecule has 2 N–H and O–H groups in total. The van der Waals surface area contributed by atoms with E-state index in [0.717, 1.165) is 11.1 Å². The average molecular weight is 280 g/mol. The van der Waals surface area contributed by atoms with Gasteiger partial charge in [-0.3, -0.25) is 0 Å². The second-order valence-corrected chi connectivity index (χ2v) is 5.48. The smallest absolute Gasteiger partial charge is 0.337 e. The molecule has 0 spiro atoms. The van der Waals surface area contributed by atoms with Gasteiger partial charge in [-0.05, 0) is 32.0 Å². The Bertz CT molecular complexity index is 597. The fourth-order valence-electron chi connectivity index (χ4n) is 1.72. The summed E-state index contributed by atoms with van der Waals surface area (Å²) in [4.78, 5) is 15.3. The normalized spacial score (nSPS) is 11.3. The van der Waals surface area contributed by atoms with Crippen LogP contribution >= 0.6 is 11.3 Å². The van der Waals surface area contributed by atoms with E-state index >= 15 is 0 Å². The van der Waals surface area contributed by atoms with E-state index in [9.17, 15) is 9.18 Å². The Morgan fingerprint density at radius 2 is 2.21 bits per heavy atom. The van der Waals surface area contributed by atoms with E-state index in [1.807, 2.05) is 19.2 Å². The summed E-state index contributed by atoms with van der Waals surface area (Å²) in [6, 6.07) is 3.66. The molecule has 0 radical (unpaired) electrons. The quantitative estimate of drug-likeness (QED) is 0.901. The number of rotatable bonds is 4. The fourth-order valence-corrected chi connectivity index (χ4v) is 2.44. The van der Waals surface area contributed by atoms with Gasteiger partial charge in [0, 0.05) is 17.3 Å². The van der Waals surface area contributed by atoms with Crippen LogP contribution in [0.3, 0.4) is 0 Å². The van der Waals surface area contributed by atoms with Gasteiger partial charge in [-0.2, -0.15) is 0 Å². The average Bonchev–Trinajstić information content (AvgIpc) is 2.85. The summed E-state index contributed by atoms with van der Waals surface area (Å²) in [5, 5.41) is 14.9. The van der Waals surface area contributed by atoms with Gasteiger partial charge in [-0.15, -0.1) is 11.3 Å². The summed E-state index contributed by atoms with van der Waals surface area (Å²) < 4.78 is 13.1. The first-order valence-electron chi connectivity index (χ1n) is 5.61. The molecule has 0 aliphatic rings. The summed E-state index contributed by atoms with van der Waals surface area (Å²) in [5.41, 5.74) is -0.255. The Hall–Kier alpha value is -1.95. The van der Waals surface area contributed by atoms with Crippen molar-refractivity contribution in [2.45, 2.75) is 19.4 Å². The van der Waals surface area contributed by atoms with Gasteiger partial charge in [0.25, 0.3) is 0 Å². The molecular formula is C13H13FN2O2S. The van der Waals surface area contributed by atoms with Gasteiger partial charge in [-0.25, -0.2) is 14.2 Å². The van der Waals surface area contributed by atoms with Gasteiger partial charge in [0.1, 0.15) is 10.8 Å². The highest BCUT2D eigenvalue weighted by Crippen LogP contribution is 2.29. The number of nitrogens with zero attached hydrogens (tertiary/aromatic N) is 1. The van der Waals surface area contributed by atoms with Crippen LogP contribution in [-0.4, -0.2) is 16.1 Å². The SMILES string of the molecule is CC(C)(Nc1ccc(F)cc1C(=O)O)c1nccs1. The molecule has 0 aliphatic heterocycles. The zero-order chi connectivity index (χ0) is 14.0. The highest BCUT2D eigenvalue weighted by Gasteiger charge is 2.25. The van der Waals surface area contributed by atoms with Crippen LogP contribution in [0.25, 0.3) is 0 Å². The van der Waals surface area contributed by atoms with Gasteiger partial charge < -0.3 is 10.4 Å². The lowest BCUT2D eigenvalue weighted by Crippen LogP contribution is -2.28. The van der Waals surface area contributed by atoms with Crippen LogP contribution in [0.15, 0.2) is 29.8 Å². The minimum absolute atomic E-state index is 0.0929. The van der Waals surface area contributed by atoms with Crippen LogP contribution in [-0.2, 0) is 5.54 Å². The molecule has 1 aromatic carbocycles. The first kappa shape index (κ1) is 13.5. The fraction of sp³-hybridized carbons (Fsp3) is 0.231. The maximum Gasteiger partial charge on any atom is 0.337 e. The number of aromatic carboxylic acids is 1. The minimum Gasteiger partial charge on any atom is -0.478 e. The van der Waals surface area contributed by atoms with Crippen molar-refractivity contribution in [2.24, 2.45) is 0 Å². The monoisotopic (exact) mass is 280 g/mol. The van der Waals surface area contributed by atoms with Crippen molar-refractivity contribution in [1.82, 2.24) is 4.98 Å². The molecular weight excluding hydrogens is 267 g/mol. The number of anilines is 1. The molecule has 0 bridgehead atoms. The maximum atomic E-state index is 13.1. The van der Waals surface area contributed by atoms with E-state index in [1.54, 1.807) is 6.20 Å². The first-order valence-corrected chi connectivity index (χ1v) is 6.49. The molecule has 2 rings (SSSR count). The van der Waals surface area contributed by atoms with Gasteiger partial charge in [0.05, 0.1) is 11.1 Å². The highest BCUT2D eigenvalue weighted by atomic mass is 32.1. The summed E-state index contributed by atoms with van der Waals surface area (Å²) in [6.07, 6.45) is 1.69. The molecule has 0 saturated heterocycles. The van der Waals surface area contributed by atoms with E-state index in [2.05, 4.69) is 10.3 Å². The van der Waals surface area contributed by atoms with Gasteiger partial charge in [0.15, 0.2) is 0 Å². The Labute approximate surface area is 113 Å². The standard InChI is InChI=1S/C13H13FN2O2S/c1-13(2,12-15-5-6-19-12)16-10-4-3-8(14)7-9(10)11(17)18/h3-7,16H,1-2H3,(H,17,18). The third kappa shape index (κ3) is 2.90. The van der Waals surface area contributed by atoms with Crippen LogP contribution < -0.4 is 5.32 Å². The predicted molar refractivity (Wildman–Crippen MR) is 72.1 cm³/mol. The molecule has 1 heterocycles. The summed E-state index contributed by atoms with van der Waals surface area (Å²) >= 11 is 1.47. The van der Waals surface area contributed by atoms with Gasteiger partial charge >= 0.3 is 5.97 Å². The largest absolute Gasteiger partial charge is 0.478 e. The van der Waals surface area contributed by atoms with Crippen LogP contribution in [0.4, 0.5) is 10.1 Å². The van der Waals surface area contributed by atoms with Crippen LogP contribution in [0.2, 0.25) is 0 Å². The Kier molecular flexibility index (Phi) is 3.53. The molecule has 0 aliphatic carbocycles. The third-order valence-corrected chi connectivity index (χ3v) is 3.72. The van der Waals surface area contributed by atoms with Crippen molar-refractivity contribution in [3.8, 4) is 0 Å². The molecule has 0 saturated carbocycles. The first-order chi connectivity index (χ1) is 8.90. The van der Waals surface area contributed by atoms with Gasteiger partial charge in [-0.1, -0.05) is 0 Å². The number of carboxylic acids is 1. The molecule has 6 heteroatoms. The Morgan fingerprint density at radius 1 is 1.47 bits per heavy atom. The highest BCUT2D eigenvalue weighted by molar-refractivity contribution is 7.09. The second kappa shape index (κ2) is 4.97. The lowest BCUT2D eigenvalue weighted by molar-refractivity contribution is 0.0697. The van der Waals surface area contributed by atoms with E-state index in [-0.39, 0.29) is 5.56 Å². The maximum absolute atomic E-state index is 13.1. The third-order valence-electron chi connectivity index (χ3n) is 2.63. The number of thiazole rings is 1. The van der Waals surface area contributed by atoms with Crippen molar-refractivity contribution in [1.29, 1.82) is 0 Å². The van der Waals surface area contributed by atoms with E-state index in [1.165, 1.54) is 23.5 Å². The number of hydrogen-bond acceptors (Lipinski definition) is 4. The van der Waals surface area contributed by atoms with Crippen molar-refractivity contribution in [3.63, 3.8) is 0 Å². The van der Waals surface area contributed by atoms with Crippen molar-refractivity contribution in [3.05, 3.63) is 46.2 Å². The Balaban J connectivity index is 2.36. The lowest BCUT2D eigenvalue weighted by Gasteiger charge is -2.26. The molecule has 4 nitrogen and oxygen atoms in total. The topological polar surface area (TPSA) is 62.2 Å². The zero-order valence-corrected chi connectivity index (χ0v) is 11.3. The number of hydrogen-bond donors (Lipinski definition) is 2. The number of carboxylic acid groups (broad SMARTS) is 1. The van der Waals surface area contributed by atoms with Crippen molar-refractivity contribution in [2.75, 3.05) is 5.32 Å². The number of aromatic nitrogens is 1. The molecule has 0 atom stereocenters. The van der Waals surface area contributed by atoms with Crippen LogP contribution in [0.1, 0.15) is 29.2 Å². The second-order valence-electron chi connectivity index (χ2n) is 4.58. The van der Waals surface area contributed by atoms with Gasteiger partial charge in [0.2, 0.25) is 0 Å². The lowest BCUT2D eigenvalue weighted by atomic mass is 10.0. The van der Waals surface area contributed by atoms with E-state index in [4.69, 9.17) is 5.11 Å². The Morgan fingerprint density at radius 3 is 2.79 bits per heavy atom. The predicted octanol–water partition coefficient (Wildman–Crippen LogP) is 3.33. The number of halogens is 1. The molecule has 0 unspecified atom stereocenters. The van der Waals surface area contributed by atoms with Crippen LogP contribution in [0.5, 0.6) is 0 Å². The van der Waals surface area contributed by atoms with E-state index < -0.39 is 17.3 Å². The summed E-state index contributed by atoms with van der Waals surface area (Å²) in [6.45, 7) is 3.78. The molecule has 0 fully saturated rings. The number of carbonyl (C=O) groups is 1. The molecule has 1 aromatic heterocycles. The molecule has 0 amide bonds. The van der Waals surface area contributed by atoms with Crippen molar-refractivity contribution >= 4 is 23.0 Å². The number of nitrogens with one attached hydrogen (secondary N) is 1. The zero-order valence-electron chi connectivity index (χ0n) is 10.5. The summed E-state index contributed by atoms with van der Waals surface area (Å²) in [7, 11) is 0. The molecule has 2 aromatic rings. The number of benzene rings is 1. The minimum atomic E-state index is -1.17. The molecule has 19 heavy (non-hydrogen) atoms. The molecule has 100 valence electrons. The summed E-state index contributed by atoms with van der Waals surface area (Å²) in [5.74, 6) is -1.74. The van der Waals surface area contributed by atoms with Crippen LogP contribution in [0, 0.1) is 5.82 Å². The van der Waals surface area contributed by atoms with E-state index in [0.29, 0.717) is 5.69 Å². The van der Waals surface area contributed by atoms with Crippen molar-refractivity contribution < 1.29 is 14.3 Å².